The summed E-state index contributed by atoms with van der Waals surface area (Å²) in [6.45, 7) is 8.17. The van der Waals surface area contributed by atoms with Crippen LogP contribution in [0, 0.1) is 11.8 Å². The number of rotatable bonds is 6. The molecule has 0 spiro atoms. The van der Waals surface area contributed by atoms with Crippen LogP contribution >= 0.6 is 0 Å². The number of urea groups is 1. The number of anilines is 1. The molecule has 0 saturated carbocycles. The molecule has 5 nitrogen and oxygen atoms in total. The van der Waals surface area contributed by atoms with Gasteiger partial charge in [-0.25, -0.2) is 4.79 Å². The third-order valence-electron chi connectivity index (χ3n) is 5.64. The van der Waals surface area contributed by atoms with Crippen molar-refractivity contribution in [2.75, 3.05) is 38.1 Å². The predicted molar refractivity (Wildman–Crippen MR) is 103 cm³/mol. The van der Waals surface area contributed by atoms with Crippen LogP contribution in [0.1, 0.15) is 26.7 Å². The van der Waals surface area contributed by atoms with Gasteiger partial charge in [-0.15, -0.1) is 0 Å². The van der Waals surface area contributed by atoms with Crippen molar-refractivity contribution in [2.45, 2.75) is 38.8 Å². The van der Waals surface area contributed by atoms with Crippen LogP contribution < -0.4 is 15.5 Å². The van der Waals surface area contributed by atoms with Crippen LogP contribution in [0.15, 0.2) is 30.3 Å². The molecule has 2 bridgehead atoms. The lowest BCUT2D eigenvalue weighted by molar-refractivity contribution is 0.00595. The quantitative estimate of drug-likeness (QED) is 0.834. The molecular weight excluding hydrogens is 312 g/mol. The second-order valence-electron chi connectivity index (χ2n) is 7.92. The minimum atomic E-state index is -0.0435. The molecule has 3 aliphatic heterocycles. The van der Waals surface area contributed by atoms with Crippen molar-refractivity contribution in [1.82, 2.24) is 15.5 Å². The summed E-state index contributed by atoms with van der Waals surface area (Å²) in [7, 11) is 2.20. The second-order valence-corrected chi connectivity index (χ2v) is 7.92. The molecule has 3 fully saturated rings. The lowest BCUT2D eigenvalue weighted by Gasteiger charge is -2.50. The number of carbonyl (C=O) groups is 1. The standard InChI is InChI=1S/C20H32N4O/c1-15(2)22-20(25)21-12-19-11-16-9-10-24(19)14-17(16)13-23(3)18-7-5-4-6-8-18/h4-8,15-17,19H,9-14H2,1-3H3,(H2,21,22,25)/t16-,17-,19+/m0/s1. The highest BCUT2D eigenvalue weighted by Gasteiger charge is 2.40. The van der Waals surface area contributed by atoms with Crippen LogP contribution in [0.2, 0.25) is 0 Å². The molecule has 2 N–H and O–H groups in total. The van der Waals surface area contributed by atoms with Crippen molar-refractivity contribution in [1.29, 1.82) is 0 Å². The Morgan fingerprint density at radius 1 is 1.32 bits per heavy atom. The first kappa shape index (κ1) is 18.1. The van der Waals surface area contributed by atoms with E-state index in [9.17, 15) is 4.79 Å². The molecule has 138 valence electrons. The van der Waals surface area contributed by atoms with E-state index in [1.807, 2.05) is 13.8 Å². The minimum Gasteiger partial charge on any atom is -0.374 e. The monoisotopic (exact) mass is 344 g/mol. The molecular formula is C20H32N4O. The normalized spacial score (nSPS) is 28.0. The molecule has 4 atom stereocenters. The molecule has 4 rings (SSSR count). The van der Waals surface area contributed by atoms with Gasteiger partial charge in [-0.2, -0.15) is 0 Å². The highest BCUT2D eigenvalue weighted by molar-refractivity contribution is 5.74. The van der Waals surface area contributed by atoms with Gasteiger partial charge in [-0.05, 0) is 57.2 Å². The summed E-state index contributed by atoms with van der Waals surface area (Å²) in [5, 5.41) is 5.95. The first-order valence-corrected chi connectivity index (χ1v) is 9.57. The highest BCUT2D eigenvalue weighted by Crippen LogP contribution is 2.36. The highest BCUT2D eigenvalue weighted by atomic mass is 16.2. The smallest absolute Gasteiger partial charge is 0.315 e. The number of nitrogens with one attached hydrogen (secondary N) is 2. The molecule has 0 unspecified atom stereocenters. The van der Waals surface area contributed by atoms with Gasteiger partial charge < -0.3 is 15.5 Å². The van der Waals surface area contributed by atoms with Crippen LogP contribution in [0.25, 0.3) is 0 Å². The Morgan fingerprint density at radius 3 is 2.72 bits per heavy atom. The minimum absolute atomic E-state index is 0.0435. The second kappa shape index (κ2) is 8.09. The molecule has 3 aliphatic rings. The van der Waals surface area contributed by atoms with Crippen LogP contribution in [0.4, 0.5) is 10.5 Å². The first-order chi connectivity index (χ1) is 12.0. The summed E-state index contributed by atoms with van der Waals surface area (Å²) >= 11 is 0. The van der Waals surface area contributed by atoms with E-state index in [1.165, 1.54) is 25.1 Å². The van der Waals surface area contributed by atoms with Crippen LogP contribution in [-0.4, -0.2) is 56.2 Å². The van der Waals surface area contributed by atoms with E-state index < -0.39 is 0 Å². The average Bonchev–Trinajstić information content (AvgIpc) is 2.61. The predicted octanol–water partition coefficient (Wildman–Crippen LogP) is 2.54. The zero-order chi connectivity index (χ0) is 17.8. The summed E-state index contributed by atoms with van der Waals surface area (Å²) in [6, 6.07) is 11.3. The largest absolute Gasteiger partial charge is 0.374 e. The maximum Gasteiger partial charge on any atom is 0.315 e. The number of carbonyl (C=O) groups excluding carboxylic acids is 1. The van der Waals surface area contributed by atoms with E-state index in [4.69, 9.17) is 0 Å². The fraction of sp³-hybridized carbons (Fsp3) is 0.650. The molecule has 1 aromatic carbocycles. The molecule has 2 amide bonds. The van der Waals surface area contributed by atoms with Crippen molar-refractivity contribution >= 4 is 11.7 Å². The molecule has 0 aromatic heterocycles. The number of benzene rings is 1. The molecule has 0 radical (unpaired) electrons. The third-order valence-corrected chi connectivity index (χ3v) is 5.64. The van der Waals surface area contributed by atoms with Crippen molar-refractivity contribution < 1.29 is 4.79 Å². The Labute approximate surface area is 151 Å². The summed E-state index contributed by atoms with van der Waals surface area (Å²) in [6.07, 6.45) is 2.50. The number of piperidine rings is 3. The van der Waals surface area contributed by atoms with Crippen molar-refractivity contribution in [3.8, 4) is 0 Å². The van der Waals surface area contributed by atoms with Gasteiger partial charge in [-0.3, -0.25) is 4.90 Å². The van der Waals surface area contributed by atoms with E-state index in [-0.39, 0.29) is 12.1 Å². The van der Waals surface area contributed by atoms with Gasteiger partial charge in [0.1, 0.15) is 0 Å². The summed E-state index contributed by atoms with van der Waals surface area (Å²) in [4.78, 5) is 16.8. The third kappa shape index (κ3) is 4.66. The average molecular weight is 345 g/mol. The van der Waals surface area contributed by atoms with Crippen molar-refractivity contribution in [2.24, 2.45) is 11.8 Å². The van der Waals surface area contributed by atoms with Crippen molar-refractivity contribution in [3.05, 3.63) is 30.3 Å². The number of hydrogen-bond donors (Lipinski definition) is 2. The lowest BCUT2D eigenvalue weighted by atomic mass is 9.75. The van der Waals surface area contributed by atoms with Gasteiger partial charge in [0.25, 0.3) is 0 Å². The van der Waals surface area contributed by atoms with E-state index in [1.54, 1.807) is 0 Å². The molecule has 3 saturated heterocycles. The van der Waals surface area contributed by atoms with Crippen LogP contribution in [0.3, 0.4) is 0 Å². The molecule has 5 heteroatoms. The SMILES string of the molecule is CC(C)NC(=O)NC[C@H]1C[C@@H]2CC[N@@]1C[C@@H]2CN(C)c1ccccc1. The summed E-state index contributed by atoms with van der Waals surface area (Å²) < 4.78 is 0. The van der Waals surface area contributed by atoms with Gasteiger partial charge >= 0.3 is 6.03 Å². The van der Waals surface area contributed by atoms with Crippen molar-refractivity contribution in [3.63, 3.8) is 0 Å². The number of nitrogens with zero attached hydrogens (tertiary/aromatic N) is 2. The van der Waals surface area contributed by atoms with Gasteiger partial charge in [0.2, 0.25) is 0 Å². The fourth-order valence-corrected chi connectivity index (χ4v) is 4.33. The van der Waals surface area contributed by atoms with Crippen LogP contribution in [0.5, 0.6) is 0 Å². The topological polar surface area (TPSA) is 47.6 Å². The van der Waals surface area contributed by atoms with Gasteiger partial charge in [-0.1, -0.05) is 18.2 Å². The van der Waals surface area contributed by atoms with E-state index in [0.29, 0.717) is 6.04 Å². The van der Waals surface area contributed by atoms with Gasteiger partial charge in [0.15, 0.2) is 0 Å². The van der Waals surface area contributed by atoms with Gasteiger partial charge in [0.05, 0.1) is 0 Å². The maximum atomic E-state index is 11.8. The van der Waals surface area contributed by atoms with E-state index in [2.05, 4.69) is 57.8 Å². The molecule has 3 heterocycles. The first-order valence-electron chi connectivity index (χ1n) is 9.57. The number of fused-ring (bicyclic) bond motifs is 3. The Balaban J connectivity index is 1.49. The molecule has 1 aromatic rings. The molecule has 0 aliphatic carbocycles. The Morgan fingerprint density at radius 2 is 2.08 bits per heavy atom. The Hall–Kier alpha value is -1.75. The van der Waals surface area contributed by atoms with E-state index >= 15 is 0 Å². The van der Waals surface area contributed by atoms with Gasteiger partial charge in [0, 0.05) is 44.5 Å². The van der Waals surface area contributed by atoms with Crippen LogP contribution in [-0.2, 0) is 0 Å². The number of para-hydroxylation sites is 1. The summed E-state index contributed by atoms with van der Waals surface area (Å²) in [5.74, 6) is 1.50. The number of amides is 2. The Bertz CT molecular complexity index is 562. The zero-order valence-electron chi connectivity index (χ0n) is 15.7. The lowest BCUT2D eigenvalue weighted by Crippen LogP contribution is -2.59. The Kier molecular flexibility index (Phi) is 5.84. The maximum absolute atomic E-state index is 11.8. The van der Waals surface area contributed by atoms with E-state index in [0.717, 1.165) is 31.5 Å². The molecule has 25 heavy (non-hydrogen) atoms. The fourth-order valence-electron chi connectivity index (χ4n) is 4.33. The number of hydrogen-bond acceptors (Lipinski definition) is 3. The zero-order valence-corrected chi connectivity index (χ0v) is 15.7. The summed E-state index contributed by atoms with van der Waals surface area (Å²) in [5.41, 5.74) is 1.29.